The monoisotopic (exact) mass is 369 g/mol. The Balaban J connectivity index is 1.49. The minimum absolute atomic E-state index is 0.0651. The summed E-state index contributed by atoms with van der Waals surface area (Å²) in [6.45, 7) is 1.38. The molecule has 1 fully saturated rings. The van der Waals surface area contributed by atoms with Crippen LogP contribution in [0.25, 0.3) is 0 Å². The summed E-state index contributed by atoms with van der Waals surface area (Å²) in [5, 5.41) is 4.59. The molecule has 0 radical (unpaired) electrons. The number of imide groups is 1. The van der Waals surface area contributed by atoms with Crippen molar-refractivity contribution in [3.8, 4) is 0 Å². The summed E-state index contributed by atoms with van der Waals surface area (Å²) < 4.78 is 0. The third kappa shape index (κ3) is 3.10. The van der Waals surface area contributed by atoms with Gasteiger partial charge in [-0.05, 0) is 29.0 Å². The van der Waals surface area contributed by atoms with Crippen LogP contribution in [0.5, 0.6) is 0 Å². The maximum atomic E-state index is 13.0. The highest BCUT2D eigenvalue weighted by atomic mass is 32.1. The molecule has 4 amide bonds. The van der Waals surface area contributed by atoms with E-state index in [0.717, 1.165) is 21.8 Å². The van der Waals surface area contributed by atoms with Gasteiger partial charge in [-0.2, -0.15) is 0 Å². The molecule has 0 spiro atoms. The van der Waals surface area contributed by atoms with Gasteiger partial charge in [0.15, 0.2) is 0 Å². The van der Waals surface area contributed by atoms with Crippen LogP contribution >= 0.6 is 11.3 Å². The van der Waals surface area contributed by atoms with E-state index in [1.54, 1.807) is 4.90 Å². The van der Waals surface area contributed by atoms with Crippen molar-refractivity contribution >= 4 is 29.2 Å². The second-order valence-corrected chi connectivity index (χ2v) is 7.55. The SMILES string of the molecule is O=C(C1CNC(=O)N(Cc2cccs2)C1=O)N1CCc2ccccc2C1. The summed E-state index contributed by atoms with van der Waals surface area (Å²) in [7, 11) is 0. The zero-order valence-electron chi connectivity index (χ0n) is 14.2. The summed E-state index contributed by atoms with van der Waals surface area (Å²) in [5.41, 5.74) is 2.37. The van der Waals surface area contributed by atoms with Crippen molar-refractivity contribution in [2.45, 2.75) is 19.5 Å². The summed E-state index contributed by atoms with van der Waals surface area (Å²) in [5.74, 6) is -1.47. The number of nitrogens with zero attached hydrogens (tertiary/aromatic N) is 2. The molecule has 2 aromatic rings. The van der Waals surface area contributed by atoms with Crippen LogP contribution in [0, 0.1) is 5.92 Å². The van der Waals surface area contributed by atoms with E-state index in [4.69, 9.17) is 0 Å². The van der Waals surface area contributed by atoms with Crippen molar-refractivity contribution < 1.29 is 14.4 Å². The predicted octanol–water partition coefficient (Wildman–Crippen LogP) is 2.00. The zero-order chi connectivity index (χ0) is 18.1. The van der Waals surface area contributed by atoms with Crippen molar-refractivity contribution in [3.63, 3.8) is 0 Å². The van der Waals surface area contributed by atoms with Crippen LogP contribution in [-0.4, -0.2) is 40.7 Å². The molecule has 1 aromatic heterocycles. The van der Waals surface area contributed by atoms with Gasteiger partial charge in [0, 0.05) is 24.5 Å². The molecule has 4 rings (SSSR count). The van der Waals surface area contributed by atoms with E-state index in [2.05, 4.69) is 11.4 Å². The van der Waals surface area contributed by atoms with E-state index < -0.39 is 17.9 Å². The lowest BCUT2D eigenvalue weighted by Crippen LogP contribution is -2.58. The smallest absolute Gasteiger partial charge is 0.324 e. The molecular formula is C19H19N3O3S. The van der Waals surface area contributed by atoms with E-state index in [9.17, 15) is 14.4 Å². The molecule has 1 aromatic carbocycles. The number of rotatable bonds is 3. The number of hydrogen-bond acceptors (Lipinski definition) is 4. The van der Waals surface area contributed by atoms with Crippen molar-refractivity contribution in [2.75, 3.05) is 13.1 Å². The van der Waals surface area contributed by atoms with Crippen molar-refractivity contribution in [3.05, 3.63) is 57.8 Å². The Morgan fingerprint density at radius 2 is 1.96 bits per heavy atom. The molecule has 134 valence electrons. The summed E-state index contributed by atoms with van der Waals surface area (Å²) in [6.07, 6.45) is 0.786. The number of nitrogens with one attached hydrogen (secondary N) is 1. The Hall–Kier alpha value is -2.67. The highest BCUT2D eigenvalue weighted by Crippen LogP contribution is 2.23. The quantitative estimate of drug-likeness (QED) is 0.842. The van der Waals surface area contributed by atoms with Crippen LogP contribution in [0.15, 0.2) is 41.8 Å². The highest BCUT2D eigenvalue weighted by Gasteiger charge is 2.41. The lowest BCUT2D eigenvalue weighted by molar-refractivity contribution is -0.147. The van der Waals surface area contributed by atoms with Gasteiger partial charge in [-0.15, -0.1) is 11.3 Å². The van der Waals surface area contributed by atoms with Gasteiger partial charge in [-0.25, -0.2) is 4.79 Å². The van der Waals surface area contributed by atoms with Gasteiger partial charge >= 0.3 is 6.03 Å². The normalized spacial score (nSPS) is 19.9. The molecule has 6 nitrogen and oxygen atoms in total. The molecular weight excluding hydrogens is 350 g/mol. The number of benzene rings is 1. The first-order valence-electron chi connectivity index (χ1n) is 8.60. The fourth-order valence-electron chi connectivity index (χ4n) is 3.47. The number of amides is 4. The van der Waals surface area contributed by atoms with Gasteiger partial charge in [0.25, 0.3) is 0 Å². The number of urea groups is 1. The zero-order valence-corrected chi connectivity index (χ0v) is 15.0. The van der Waals surface area contributed by atoms with Gasteiger partial charge in [0.2, 0.25) is 11.8 Å². The van der Waals surface area contributed by atoms with E-state index >= 15 is 0 Å². The summed E-state index contributed by atoms with van der Waals surface area (Å²) in [6, 6.07) is 11.4. The predicted molar refractivity (Wildman–Crippen MR) is 97.3 cm³/mol. The minimum Gasteiger partial charge on any atom is -0.337 e. The first-order chi connectivity index (χ1) is 12.6. The lowest BCUT2D eigenvalue weighted by atomic mass is 9.97. The number of thiophene rings is 1. The van der Waals surface area contributed by atoms with Gasteiger partial charge in [-0.1, -0.05) is 30.3 Å². The molecule has 1 N–H and O–H groups in total. The van der Waals surface area contributed by atoms with Crippen LogP contribution in [0.4, 0.5) is 4.79 Å². The van der Waals surface area contributed by atoms with Crippen LogP contribution in [0.2, 0.25) is 0 Å². The molecule has 7 heteroatoms. The maximum Gasteiger partial charge on any atom is 0.324 e. The topological polar surface area (TPSA) is 69.7 Å². The van der Waals surface area contributed by atoms with E-state index in [-0.39, 0.29) is 19.0 Å². The number of hydrogen-bond donors (Lipinski definition) is 1. The fourth-order valence-corrected chi connectivity index (χ4v) is 4.16. The number of carbonyl (C=O) groups excluding carboxylic acids is 3. The molecule has 0 saturated carbocycles. The summed E-state index contributed by atoms with van der Waals surface area (Å²) in [4.78, 5) is 41.7. The van der Waals surface area contributed by atoms with Crippen molar-refractivity contribution in [1.82, 2.24) is 15.1 Å². The third-order valence-electron chi connectivity index (χ3n) is 4.90. The number of carbonyl (C=O) groups is 3. The molecule has 1 unspecified atom stereocenters. The van der Waals surface area contributed by atoms with Crippen molar-refractivity contribution in [2.24, 2.45) is 5.92 Å². The fraction of sp³-hybridized carbons (Fsp3) is 0.316. The van der Waals surface area contributed by atoms with E-state index in [1.165, 1.54) is 16.9 Å². The molecule has 3 heterocycles. The molecule has 0 aliphatic carbocycles. The molecule has 0 bridgehead atoms. The van der Waals surface area contributed by atoms with Crippen LogP contribution in [-0.2, 0) is 29.1 Å². The van der Waals surface area contributed by atoms with Crippen LogP contribution < -0.4 is 5.32 Å². The molecule has 26 heavy (non-hydrogen) atoms. The van der Waals surface area contributed by atoms with E-state index in [1.807, 2.05) is 35.7 Å². The third-order valence-corrected chi connectivity index (χ3v) is 5.76. The molecule has 2 aliphatic heterocycles. The average Bonchev–Trinajstić information content (AvgIpc) is 3.17. The first kappa shape index (κ1) is 16.8. The highest BCUT2D eigenvalue weighted by molar-refractivity contribution is 7.09. The Morgan fingerprint density at radius 1 is 1.15 bits per heavy atom. The van der Waals surface area contributed by atoms with Gasteiger partial charge in [-0.3, -0.25) is 14.5 Å². The summed E-state index contributed by atoms with van der Waals surface area (Å²) >= 11 is 1.48. The van der Waals surface area contributed by atoms with Crippen LogP contribution in [0.3, 0.4) is 0 Å². The van der Waals surface area contributed by atoms with Gasteiger partial charge in [0.1, 0.15) is 5.92 Å². The molecule has 2 aliphatic rings. The first-order valence-corrected chi connectivity index (χ1v) is 9.48. The minimum atomic E-state index is -0.849. The van der Waals surface area contributed by atoms with Crippen molar-refractivity contribution in [1.29, 1.82) is 0 Å². The Bertz CT molecular complexity index is 849. The Kier molecular flexibility index (Phi) is 4.46. The van der Waals surface area contributed by atoms with Crippen LogP contribution in [0.1, 0.15) is 16.0 Å². The lowest BCUT2D eigenvalue weighted by Gasteiger charge is -2.35. The average molecular weight is 369 g/mol. The second kappa shape index (κ2) is 6.92. The van der Waals surface area contributed by atoms with E-state index in [0.29, 0.717) is 13.1 Å². The Labute approximate surface area is 155 Å². The maximum absolute atomic E-state index is 13.0. The molecule has 1 saturated heterocycles. The standard InChI is InChI=1S/C19H19N3O3S/c23-17(21-8-7-13-4-1-2-5-14(13)11-21)16-10-20-19(25)22(18(16)24)12-15-6-3-9-26-15/h1-6,9,16H,7-8,10-12H2,(H,20,25). The second-order valence-electron chi connectivity index (χ2n) is 6.52. The molecule has 1 atom stereocenters. The van der Waals surface area contributed by atoms with Gasteiger partial charge < -0.3 is 10.2 Å². The largest absolute Gasteiger partial charge is 0.337 e. The number of fused-ring (bicyclic) bond motifs is 1. The van der Waals surface area contributed by atoms with Gasteiger partial charge in [0.05, 0.1) is 6.54 Å². The Morgan fingerprint density at radius 3 is 2.73 bits per heavy atom.